The molecule has 1 unspecified atom stereocenters. The predicted octanol–water partition coefficient (Wildman–Crippen LogP) is 4.15. The van der Waals surface area contributed by atoms with Crippen LogP contribution >= 0.6 is 27.3 Å². The van der Waals surface area contributed by atoms with E-state index in [0.717, 1.165) is 21.1 Å². The summed E-state index contributed by atoms with van der Waals surface area (Å²) < 4.78 is 2.27. The van der Waals surface area contributed by atoms with Crippen LogP contribution in [-0.4, -0.2) is 4.98 Å². The van der Waals surface area contributed by atoms with E-state index in [1.807, 2.05) is 0 Å². The van der Waals surface area contributed by atoms with E-state index < -0.39 is 0 Å². The van der Waals surface area contributed by atoms with Gasteiger partial charge >= 0.3 is 0 Å². The smallest absolute Gasteiger partial charge is 0.181 e. The number of benzene rings is 1. The van der Waals surface area contributed by atoms with Crippen LogP contribution in [0.5, 0.6) is 0 Å². The second-order valence-corrected chi connectivity index (χ2v) is 5.68. The molecule has 4 heteroatoms. The average molecular weight is 285 g/mol. The Morgan fingerprint density at radius 3 is 2.93 bits per heavy atom. The molecule has 2 aromatic rings. The van der Waals surface area contributed by atoms with E-state index in [1.54, 1.807) is 11.3 Å². The normalized spacial score (nSPS) is 13.3. The summed E-state index contributed by atoms with van der Waals surface area (Å²) in [5.74, 6) is 0.520. The molecule has 0 aliphatic heterocycles. The van der Waals surface area contributed by atoms with Gasteiger partial charge in [-0.15, -0.1) is 0 Å². The highest BCUT2D eigenvalue weighted by Gasteiger charge is 2.12. The number of thiazole rings is 1. The second-order valence-electron chi connectivity index (χ2n) is 3.70. The van der Waals surface area contributed by atoms with Crippen molar-refractivity contribution in [2.45, 2.75) is 26.2 Å². The molecule has 1 heterocycles. The fourth-order valence-electron chi connectivity index (χ4n) is 1.63. The molecule has 0 radical (unpaired) electrons. The maximum absolute atomic E-state index is 5.74. The first-order valence-corrected chi connectivity index (χ1v) is 6.58. The molecule has 0 aliphatic carbocycles. The molecule has 0 aliphatic rings. The lowest BCUT2D eigenvalue weighted by atomic mass is 9.98. The van der Waals surface area contributed by atoms with Crippen molar-refractivity contribution in [3.8, 4) is 0 Å². The number of halogens is 1. The largest absolute Gasteiger partial charge is 0.375 e. The molecular formula is C11H13BrN2S. The average Bonchev–Trinajstić information content (AvgIpc) is 2.55. The third kappa shape index (κ3) is 2.01. The fraction of sp³-hybridized carbons (Fsp3) is 0.364. The third-order valence-corrected chi connectivity index (χ3v) is 3.94. The van der Waals surface area contributed by atoms with Gasteiger partial charge in [0.2, 0.25) is 0 Å². The van der Waals surface area contributed by atoms with E-state index in [4.69, 9.17) is 5.73 Å². The quantitative estimate of drug-likeness (QED) is 0.900. The number of hydrogen-bond donors (Lipinski definition) is 1. The molecular weight excluding hydrogens is 272 g/mol. The molecule has 80 valence electrons. The van der Waals surface area contributed by atoms with Crippen molar-refractivity contribution in [2.24, 2.45) is 0 Å². The van der Waals surface area contributed by atoms with Crippen molar-refractivity contribution in [1.29, 1.82) is 0 Å². The molecule has 1 aromatic heterocycles. The molecule has 0 fully saturated rings. The van der Waals surface area contributed by atoms with Gasteiger partial charge in [0.1, 0.15) is 0 Å². The molecule has 0 saturated heterocycles. The highest BCUT2D eigenvalue weighted by molar-refractivity contribution is 9.10. The predicted molar refractivity (Wildman–Crippen MR) is 70.4 cm³/mol. The van der Waals surface area contributed by atoms with E-state index in [-0.39, 0.29) is 0 Å². The lowest BCUT2D eigenvalue weighted by Crippen LogP contribution is -1.93. The summed E-state index contributed by atoms with van der Waals surface area (Å²) in [5.41, 5.74) is 8.09. The lowest BCUT2D eigenvalue weighted by Gasteiger charge is -2.09. The Balaban J connectivity index is 2.70. The molecule has 1 atom stereocenters. The SMILES string of the molecule is CCC(C)c1cc(Br)cc2sc(N)nc12. The van der Waals surface area contributed by atoms with Crippen LogP contribution in [0.1, 0.15) is 31.7 Å². The molecule has 2 nitrogen and oxygen atoms in total. The van der Waals surface area contributed by atoms with Crippen molar-refractivity contribution in [2.75, 3.05) is 5.73 Å². The summed E-state index contributed by atoms with van der Waals surface area (Å²) in [6.45, 7) is 4.41. The van der Waals surface area contributed by atoms with Crippen molar-refractivity contribution < 1.29 is 0 Å². The van der Waals surface area contributed by atoms with Crippen LogP contribution in [0.2, 0.25) is 0 Å². The fourth-order valence-corrected chi connectivity index (χ4v) is 3.07. The first-order chi connectivity index (χ1) is 7.11. The summed E-state index contributed by atoms with van der Waals surface area (Å²) in [7, 11) is 0. The van der Waals surface area contributed by atoms with Crippen molar-refractivity contribution >= 4 is 42.6 Å². The monoisotopic (exact) mass is 284 g/mol. The molecule has 15 heavy (non-hydrogen) atoms. The Hall–Kier alpha value is -0.610. The van der Waals surface area contributed by atoms with E-state index in [1.165, 1.54) is 5.56 Å². The maximum Gasteiger partial charge on any atom is 0.181 e. The Morgan fingerprint density at radius 1 is 1.53 bits per heavy atom. The number of anilines is 1. The van der Waals surface area contributed by atoms with Crippen LogP contribution < -0.4 is 5.73 Å². The summed E-state index contributed by atoms with van der Waals surface area (Å²) in [6.07, 6.45) is 1.11. The van der Waals surface area contributed by atoms with E-state index >= 15 is 0 Å². The summed E-state index contributed by atoms with van der Waals surface area (Å²) in [6, 6.07) is 4.23. The van der Waals surface area contributed by atoms with Gasteiger partial charge in [0.15, 0.2) is 5.13 Å². The van der Waals surface area contributed by atoms with Gasteiger partial charge in [-0.3, -0.25) is 0 Å². The summed E-state index contributed by atoms with van der Waals surface area (Å²) >= 11 is 5.07. The lowest BCUT2D eigenvalue weighted by molar-refractivity contribution is 0.738. The van der Waals surface area contributed by atoms with Crippen LogP contribution in [0.15, 0.2) is 16.6 Å². The molecule has 2 N–H and O–H groups in total. The van der Waals surface area contributed by atoms with Gasteiger partial charge in [-0.05, 0) is 30.0 Å². The van der Waals surface area contributed by atoms with Gasteiger partial charge < -0.3 is 5.73 Å². The number of aromatic nitrogens is 1. The number of nitrogen functional groups attached to an aromatic ring is 1. The summed E-state index contributed by atoms with van der Waals surface area (Å²) in [4.78, 5) is 4.40. The molecule has 0 saturated carbocycles. The van der Waals surface area contributed by atoms with Crippen molar-refractivity contribution in [3.05, 3.63) is 22.2 Å². The van der Waals surface area contributed by atoms with Gasteiger partial charge in [0.05, 0.1) is 10.2 Å². The minimum absolute atomic E-state index is 0.520. The van der Waals surface area contributed by atoms with Crippen LogP contribution in [-0.2, 0) is 0 Å². The molecule has 1 aromatic carbocycles. The molecule has 0 spiro atoms. The number of hydrogen-bond acceptors (Lipinski definition) is 3. The number of rotatable bonds is 2. The van der Waals surface area contributed by atoms with Gasteiger partial charge in [-0.25, -0.2) is 4.98 Å². The minimum atomic E-state index is 0.520. The number of nitrogens with two attached hydrogens (primary N) is 1. The topological polar surface area (TPSA) is 38.9 Å². The number of nitrogens with zero attached hydrogens (tertiary/aromatic N) is 1. The van der Waals surface area contributed by atoms with Gasteiger partial charge in [-0.1, -0.05) is 41.1 Å². The van der Waals surface area contributed by atoms with Crippen LogP contribution in [0.3, 0.4) is 0 Å². The zero-order valence-corrected chi connectivity index (χ0v) is 11.2. The van der Waals surface area contributed by atoms with Gasteiger partial charge in [-0.2, -0.15) is 0 Å². The standard InChI is InChI=1S/C11H13BrN2S/c1-3-6(2)8-4-7(12)5-9-10(8)14-11(13)15-9/h4-6H,3H2,1-2H3,(H2,13,14). The van der Waals surface area contributed by atoms with Gasteiger partial charge in [0.25, 0.3) is 0 Å². The first kappa shape index (κ1) is 10.9. The second kappa shape index (κ2) is 4.10. The van der Waals surface area contributed by atoms with E-state index in [0.29, 0.717) is 11.0 Å². The van der Waals surface area contributed by atoms with E-state index in [2.05, 4.69) is 46.9 Å². The van der Waals surface area contributed by atoms with Crippen LogP contribution in [0.4, 0.5) is 5.13 Å². The Kier molecular flexibility index (Phi) is 2.98. The van der Waals surface area contributed by atoms with Crippen LogP contribution in [0, 0.1) is 0 Å². The third-order valence-electron chi connectivity index (χ3n) is 2.65. The Labute approximate surface area is 102 Å². The molecule has 0 amide bonds. The Morgan fingerprint density at radius 2 is 2.27 bits per heavy atom. The van der Waals surface area contributed by atoms with Crippen LogP contribution in [0.25, 0.3) is 10.2 Å². The first-order valence-electron chi connectivity index (χ1n) is 4.97. The Bertz CT molecular complexity index is 493. The zero-order chi connectivity index (χ0) is 11.0. The van der Waals surface area contributed by atoms with E-state index in [9.17, 15) is 0 Å². The molecule has 0 bridgehead atoms. The highest BCUT2D eigenvalue weighted by atomic mass is 79.9. The zero-order valence-electron chi connectivity index (χ0n) is 8.75. The van der Waals surface area contributed by atoms with Crippen molar-refractivity contribution in [1.82, 2.24) is 4.98 Å². The van der Waals surface area contributed by atoms with Gasteiger partial charge in [0, 0.05) is 4.47 Å². The van der Waals surface area contributed by atoms with Crippen molar-refractivity contribution in [3.63, 3.8) is 0 Å². The minimum Gasteiger partial charge on any atom is -0.375 e. The molecule has 2 rings (SSSR count). The highest BCUT2D eigenvalue weighted by Crippen LogP contribution is 2.34. The number of fused-ring (bicyclic) bond motifs is 1. The maximum atomic E-state index is 5.74. The summed E-state index contributed by atoms with van der Waals surface area (Å²) in [5, 5.41) is 0.646.